The third-order valence-electron chi connectivity index (χ3n) is 3.58. The van der Waals surface area contributed by atoms with Gasteiger partial charge in [-0.25, -0.2) is 4.79 Å². The summed E-state index contributed by atoms with van der Waals surface area (Å²) in [6.07, 6.45) is 0.266. The lowest BCUT2D eigenvalue weighted by Crippen LogP contribution is -2.43. The van der Waals surface area contributed by atoms with Crippen molar-refractivity contribution in [2.45, 2.75) is 39.3 Å². The van der Waals surface area contributed by atoms with Gasteiger partial charge in [-0.3, -0.25) is 0 Å². The monoisotopic (exact) mass is 292 g/mol. The predicted molar refractivity (Wildman–Crippen MR) is 81.3 cm³/mol. The smallest absolute Gasteiger partial charge is 0.315 e. The summed E-state index contributed by atoms with van der Waals surface area (Å²) in [6, 6.07) is 7.40. The average molecular weight is 292 g/mol. The minimum atomic E-state index is -0.375. The normalized spacial score (nSPS) is 18.6. The summed E-state index contributed by atoms with van der Waals surface area (Å²) >= 11 is 0. The first-order valence-electron chi connectivity index (χ1n) is 7.31. The highest BCUT2D eigenvalue weighted by Gasteiger charge is 2.26. The van der Waals surface area contributed by atoms with Gasteiger partial charge in [-0.2, -0.15) is 0 Å². The molecule has 2 atom stereocenters. The number of hydrogen-bond donors (Lipinski definition) is 3. The molecule has 0 spiro atoms. The number of ether oxygens (including phenoxy) is 1. The second-order valence-electron chi connectivity index (χ2n) is 6.45. The molecule has 0 saturated carbocycles. The Morgan fingerprint density at radius 1 is 1.48 bits per heavy atom. The molecule has 0 saturated heterocycles. The molecule has 0 radical (unpaired) electrons. The molecule has 1 aromatic carbocycles. The second-order valence-corrected chi connectivity index (χ2v) is 6.45. The van der Waals surface area contributed by atoms with Crippen LogP contribution in [0.4, 0.5) is 4.79 Å². The number of carbonyl (C=O) groups is 1. The molecular weight excluding hydrogens is 268 g/mol. The molecule has 3 N–H and O–H groups in total. The topological polar surface area (TPSA) is 70.6 Å². The molecule has 2 rings (SSSR count). The van der Waals surface area contributed by atoms with Crippen molar-refractivity contribution in [2.24, 2.45) is 5.41 Å². The molecule has 0 aromatic heterocycles. The van der Waals surface area contributed by atoms with E-state index in [-0.39, 0.29) is 23.6 Å². The number of hydrogen-bond acceptors (Lipinski definition) is 3. The maximum Gasteiger partial charge on any atom is 0.315 e. The van der Waals surface area contributed by atoms with Crippen LogP contribution in [0, 0.1) is 5.41 Å². The first-order chi connectivity index (χ1) is 9.87. The Balaban J connectivity index is 1.84. The Bertz CT molecular complexity index is 500. The molecular formula is C16H24N2O3. The van der Waals surface area contributed by atoms with Gasteiger partial charge in [-0.1, -0.05) is 32.0 Å². The summed E-state index contributed by atoms with van der Waals surface area (Å²) in [5, 5.41) is 15.2. The molecule has 5 nitrogen and oxygen atoms in total. The number of aliphatic hydroxyl groups excluding tert-OH is 1. The maximum absolute atomic E-state index is 12.0. The molecule has 1 aromatic rings. The number of amides is 2. The van der Waals surface area contributed by atoms with E-state index >= 15 is 0 Å². The summed E-state index contributed by atoms with van der Waals surface area (Å²) in [6.45, 7) is 6.78. The minimum Gasteiger partial charge on any atom is -0.491 e. The number of aliphatic hydroxyl groups is 1. The molecule has 0 aliphatic carbocycles. The van der Waals surface area contributed by atoms with E-state index < -0.39 is 0 Å². The van der Waals surface area contributed by atoms with E-state index in [1.165, 1.54) is 0 Å². The number of para-hydroxylation sites is 1. The van der Waals surface area contributed by atoms with Crippen molar-refractivity contribution >= 4 is 6.03 Å². The van der Waals surface area contributed by atoms with Crippen molar-refractivity contribution in [1.82, 2.24) is 10.6 Å². The summed E-state index contributed by atoms with van der Waals surface area (Å²) in [7, 11) is 0. The van der Waals surface area contributed by atoms with Crippen molar-refractivity contribution in [1.29, 1.82) is 0 Å². The molecule has 0 fully saturated rings. The van der Waals surface area contributed by atoms with Crippen LogP contribution in [0.2, 0.25) is 0 Å². The van der Waals surface area contributed by atoms with Crippen LogP contribution in [0.5, 0.6) is 5.75 Å². The van der Waals surface area contributed by atoms with Crippen LogP contribution in [-0.2, 0) is 0 Å². The summed E-state index contributed by atoms with van der Waals surface area (Å²) < 4.78 is 5.53. The van der Waals surface area contributed by atoms with Gasteiger partial charge in [-0.05, 0) is 24.8 Å². The van der Waals surface area contributed by atoms with E-state index in [2.05, 4.69) is 10.6 Å². The van der Waals surface area contributed by atoms with E-state index in [1.807, 2.05) is 38.1 Å². The first kappa shape index (κ1) is 15.6. The zero-order valence-electron chi connectivity index (χ0n) is 12.8. The Labute approximate surface area is 125 Å². The van der Waals surface area contributed by atoms with Crippen LogP contribution in [0.25, 0.3) is 0 Å². The number of urea groups is 1. The minimum absolute atomic E-state index is 0.110. The fraction of sp³-hybridized carbons (Fsp3) is 0.562. The second kappa shape index (κ2) is 6.35. The third kappa shape index (κ3) is 4.36. The summed E-state index contributed by atoms with van der Waals surface area (Å²) in [5.74, 6) is 0.831. The zero-order chi connectivity index (χ0) is 15.5. The van der Waals surface area contributed by atoms with Gasteiger partial charge in [0.05, 0.1) is 12.1 Å². The zero-order valence-corrected chi connectivity index (χ0v) is 12.8. The van der Waals surface area contributed by atoms with E-state index in [1.54, 1.807) is 6.92 Å². The lowest BCUT2D eigenvalue weighted by atomic mass is 9.87. The molecule has 21 heavy (non-hydrogen) atoms. The van der Waals surface area contributed by atoms with Crippen molar-refractivity contribution < 1.29 is 14.6 Å². The Morgan fingerprint density at radius 3 is 2.90 bits per heavy atom. The van der Waals surface area contributed by atoms with Gasteiger partial charge in [0.1, 0.15) is 12.4 Å². The standard InChI is InChI=1S/C16H24N2O3/c1-11(19)8-16(2,3)10-17-15(20)18-13-9-21-14-7-5-4-6-12(13)14/h4-7,11,13,19H,8-10H2,1-3H3,(H2,17,18,20)/t11-,13-/m1/s1. The van der Waals surface area contributed by atoms with Crippen LogP contribution in [0.1, 0.15) is 38.8 Å². The highest BCUT2D eigenvalue weighted by molar-refractivity contribution is 5.74. The van der Waals surface area contributed by atoms with Crippen LogP contribution in [0.15, 0.2) is 24.3 Å². The van der Waals surface area contributed by atoms with E-state index in [0.717, 1.165) is 11.3 Å². The number of fused-ring (bicyclic) bond motifs is 1. The van der Waals surface area contributed by atoms with Gasteiger partial charge in [0, 0.05) is 12.1 Å². The average Bonchev–Trinajstić information content (AvgIpc) is 2.79. The van der Waals surface area contributed by atoms with Crippen LogP contribution >= 0.6 is 0 Å². The number of carbonyl (C=O) groups excluding carboxylic acids is 1. The van der Waals surface area contributed by atoms with Gasteiger partial charge in [0.2, 0.25) is 0 Å². The Kier molecular flexibility index (Phi) is 4.73. The molecule has 5 heteroatoms. The predicted octanol–water partition coefficient (Wildman–Crippen LogP) is 2.22. The molecule has 1 aliphatic rings. The molecule has 116 valence electrons. The third-order valence-corrected chi connectivity index (χ3v) is 3.58. The highest BCUT2D eigenvalue weighted by Crippen LogP contribution is 2.31. The van der Waals surface area contributed by atoms with E-state index in [9.17, 15) is 9.90 Å². The van der Waals surface area contributed by atoms with Gasteiger partial charge >= 0.3 is 6.03 Å². The Morgan fingerprint density at radius 2 is 2.19 bits per heavy atom. The maximum atomic E-state index is 12.0. The largest absolute Gasteiger partial charge is 0.491 e. The first-order valence-corrected chi connectivity index (χ1v) is 7.31. The van der Waals surface area contributed by atoms with Crippen molar-refractivity contribution in [2.75, 3.05) is 13.2 Å². The van der Waals surface area contributed by atoms with Crippen LogP contribution < -0.4 is 15.4 Å². The van der Waals surface area contributed by atoms with Crippen molar-refractivity contribution in [3.05, 3.63) is 29.8 Å². The van der Waals surface area contributed by atoms with Crippen LogP contribution in [-0.4, -0.2) is 30.4 Å². The molecule has 0 bridgehead atoms. The van der Waals surface area contributed by atoms with Gasteiger partial charge in [-0.15, -0.1) is 0 Å². The lowest BCUT2D eigenvalue weighted by molar-refractivity contribution is 0.128. The number of benzene rings is 1. The van der Waals surface area contributed by atoms with Crippen molar-refractivity contribution in [3.63, 3.8) is 0 Å². The highest BCUT2D eigenvalue weighted by atomic mass is 16.5. The van der Waals surface area contributed by atoms with Gasteiger partial charge < -0.3 is 20.5 Å². The van der Waals surface area contributed by atoms with E-state index in [4.69, 9.17) is 4.74 Å². The summed E-state index contributed by atoms with van der Waals surface area (Å²) in [5.41, 5.74) is 0.867. The van der Waals surface area contributed by atoms with Crippen molar-refractivity contribution in [3.8, 4) is 5.75 Å². The van der Waals surface area contributed by atoms with Crippen LogP contribution in [0.3, 0.4) is 0 Å². The van der Waals surface area contributed by atoms with E-state index in [0.29, 0.717) is 19.6 Å². The Hall–Kier alpha value is -1.75. The quantitative estimate of drug-likeness (QED) is 0.779. The number of nitrogens with one attached hydrogen (secondary N) is 2. The molecule has 1 heterocycles. The summed E-state index contributed by atoms with van der Waals surface area (Å²) in [4.78, 5) is 12.0. The molecule has 0 unspecified atom stereocenters. The fourth-order valence-electron chi connectivity index (χ4n) is 2.68. The SMILES string of the molecule is C[C@@H](O)CC(C)(C)CNC(=O)N[C@@H]1COc2ccccc21. The van der Waals surface area contributed by atoms with Gasteiger partial charge in [0.25, 0.3) is 0 Å². The number of rotatable bonds is 5. The fourth-order valence-corrected chi connectivity index (χ4v) is 2.68. The molecule has 1 aliphatic heterocycles. The van der Waals surface area contributed by atoms with Gasteiger partial charge in [0.15, 0.2) is 0 Å². The molecule has 2 amide bonds. The lowest BCUT2D eigenvalue weighted by Gasteiger charge is -2.26.